The van der Waals surface area contributed by atoms with Crippen molar-refractivity contribution in [3.8, 4) is 0 Å². The lowest BCUT2D eigenvalue weighted by atomic mass is 10.1. The Bertz CT molecular complexity index is 526. The Balaban J connectivity index is 2.13. The summed E-state index contributed by atoms with van der Waals surface area (Å²) in [5, 5.41) is 12.7. The Hall–Kier alpha value is -1.71. The van der Waals surface area contributed by atoms with Gasteiger partial charge in [-0.1, -0.05) is 23.7 Å². The third-order valence-corrected chi connectivity index (χ3v) is 2.88. The predicted molar refractivity (Wildman–Crippen MR) is 76.4 cm³/mol. The highest BCUT2D eigenvalue weighted by Gasteiger charge is 2.00. The maximum absolute atomic E-state index is 8.84. The fourth-order valence-corrected chi connectivity index (χ4v) is 1.87. The molecule has 0 fully saturated rings. The van der Waals surface area contributed by atoms with Crippen LogP contribution in [0.3, 0.4) is 0 Å². The van der Waals surface area contributed by atoms with Gasteiger partial charge in [0.1, 0.15) is 0 Å². The van der Waals surface area contributed by atoms with Gasteiger partial charge in [-0.3, -0.25) is 0 Å². The number of hydrogen-bond donors (Lipinski definition) is 3. The molecular weight excluding hydrogens is 248 g/mol. The van der Waals surface area contributed by atoms with Crippen LogP contribution in [-0.2, 0) is 6.42 Å². The number of hydrogen-bond acceptors (Lipinski definition) is 3. The van der Waals surface area contributed by atoms with Gasteiger partial charge in [-0.2, -0.15) is 0 Å². The summed E-state index contributed by atoms with van der Waals surface area (Å²) < 4.78 is 0. The van der Waals surface area contributed by atoms with Crippen LogP contribution in [-0.4, -0.2) is 11.7 Å². The van der Waals surface area contributed by atoms with Gasteiger partial charge in [0.25, 0.3) is 0 Å². The molecule has 0 spiro atoms. The molecule has 0 saturated heterocycles. The number of benzene rings is 2. The molecule has 2 rings (SSSR count). The number of aliphatic hydroxyl groups is 1. The van der Waals surface area contributed by atoms with Gasteiger partial charge in [-0.25, -0.2) is 0 Å². The van der Waals surface area contributed by atoms with Crippen LogP contribution in [0.25, 0.3) is 0 Å². The molecule has 0 aliphatic carbocycles. The summed E-state index contributed by atoms with van der Waals surface area (Å²) in [4.78, 5) is 0. The highest BCUT2D eigenvalue weighted by atomic mass is 35.5. The van der Waals surface area contributed by atoms with Crippen molar-refractivity contribution in [2.45, 2.75) is 6.42 Å². The first-order valence-electron chi connectivity index (χ1n) is 5.71. The van der Waals surface area contributed by atoms with E-state index in [9.17, 15) is 0 Å². The van der Waals surface area contributed by atoms with Gasteiger partial charge in [-0.05, 0) is 42.3 Å². The molecule has 0 radical (unpaired) electrons. The average molecular weight is 263 g/mol. The van der Waals surface area contributed by atoms with Crippen molar-refractivity contribution in [2.75, 3.05) is 17.7 Å². The van der Waals surface area contributed by atoms with E-state index in [1.165, 1.54) is 0 Å². The van der Waals surface area contributed by atoms with E-state index in [1.807, 2.05) is 30.3 Å². The smallest absolute Gasteiger partial charge is 0.0618 e. The minimum Gasteiger partial charge on any atom is -0.397 e. The fourth-order valence-electron chi connectivity index (χ4n) is 1.69. The lowest BCUT2D eigenvalue weighted by Gasteiger charge is -2.10. The SMILES string of the molecule is Nc1cc(Cl)ccc1Nc1ccc(CCO)cc1. The van der Waals surface area contributed by atoms with Crippen molar-refractivity contribution in [1.82, 2.24) is 0 Å². The van der Waals surface area contributed by atoms with Crippen LogP contribution in [0.4, 0.5) is 17.1 Å². The summed E-state index contributed by atoms with van der Waals surface area (Å²) >= 11 is 5.84. The monoisotopic (exact) mass is 262 g/mol. The predicted octanol–water partition coefficient (Wildman–Crippen LogP) is 3.20. The van der Waals surface area contributed by atoms with Gasteiger partial charge < -0.3 is 16.2 Å². The number of halogens is 1. The Morgan fingerprint density at radius 1 is 1.11 bits per heavy atom. The van der Waals surface area contributed by atoms with Gasteiger partial charge in [0.2, 0.25) is 0 Å². The molecule has 0 atom stereocenters. The second kappa shape index (κ2) is 5.76. The van der Waals surface area contributed by atoms with Crippen LogP contribution in [0.5, 0.6) is 0 Å². The first kappa shape index (κ1) is 12.7. The normalized spacial score (nSPS) is 10.3. The van der Waals surface area contributed by atoms with E-state index < -0.39 is 0 Å². The van der Waals surface area contributed by atoms with E-state index in [4.69, 9.17) is 22.4 Å². The molecule has 18 heavy (non-hydrogen) atoms. The summed E-state index contributed by atoms with van der Waals surface area (Å²) in [7, 11) is 0. The molecule has 2 aromatic rings. The van der Waals surface area contributed by atoms with Crippen molar-refractivity contribution >= 4 is 28.7 Å². The zero-order chi connectivity index (χ0) is 13.0. The lowest BCUT2D eigenvalue weighted by molar-refractivity contribution is 0.299. The molecule has 4 heteroatoms. The van der Waals surface area contributed by atoms with Crippen molar-refractivity contribution in [2.24, 2.45) is 0 Å². The highest BCUT2D eigenvalue weighted by Crippen LogP contribution is 2.26. The van der Waals surface area contributed by atoms with Crippen LogP contribution in [0.2, 0.25) is 5.02 Å². The van der Waals surface area contributed by atoms with Gasteiger partial charge in [0, 0.05) is 17.3 Å². The minimum atomic E-state index is 0.164. The fraction of sp³-hybridized carbons (Fsp3) is 0.143. The van der Waals surface area contributed by atoms with Gasteiger partial charge in [0.15, 0.2) is 0 Å². The topological polar surface area (TPSA) is 58.3 Å². The van der Waals surface area contributed by atoms with Crippen molar-refractivity contribution in [3.63, 3.8) is 0 Å². The second-order valence-electron chi connectivity index (χ2n) is 4.03. The van der Waals surface area contributed by atoms with E-state index in [0.717, 1.165) is 16.9 Å². The quantitative estimate of drug-likeness (QED) is 0.742. The molecule has 0 aliphatic heterocycles. The largest absolute Gasteiger partial charge is 0.397 e. The molecule has 0 amide bonds. The van der Waals surface area contributed by atoms with Crippen LogP contribution in [0.15, 0.2) is 42.5 Å². The van der Waals surface area contributed by atoms with Crippen molar-refractivity contribution in [3.05, 3.63) is 53.1 Å². The van der Waals surface area contributed by atoms with Crippen LogP contribution >= 0.6 is 11.6 Å². The summed E-state index contributed by atoms with van der Waals surface area (Å²) in [5.74, 6) is 0. The molecule has 0 saturated carbocycles. The molecule has 0 unspecified atom stereocenters. The molecule has 0 bridgehead atoms. The standard InChI is InChI=1S/C14H15ClN2O/c15-11-3-6-14(13(16)9-11)17-12-4-1-10(2-5-12)7-8-18/h1-6,9,17-18H,7-8,16H2. The molecule has 3 nitrogen and oxygen atoms in total. The summed E-state index contributed by atoms with van der Waals surface area (Å²) in [6.45, 7) is 0.164. The van der Waals surface area contributed by atoms with E-state index >= 15 is 0 Å². The van der Waals surface area contributed by atoms with Crippen LogP contribution < -0.4 is 11.1 Å². The summed E-state index contributed by atoms with van der Waals surface area (Å²) in [6.07, 6.45) is 0.670. The second-order valence-corrected chi connectivity index (χ2v) is 4.46. The van der Waals surface area contributed by atoms with E-state index in [0.29, 0.717) is 17.1 Å². The Kier molecular flexibility index (Phi) is 4.07. The molecule has 0 aromatic heterocycles. The maximum atomic E-state index is 8.84. The zero-order valence-corrected chi connectivity index (χ0v) is 10.6. The van der Waals surface area contributed by atoms with Crippen molar-refractivity contribution in [1.29, 1.82) is 0 Å². The molecule has 0 aliphatic rings. The Morgan fingerprint density at radius 3 is 2.44 bits per heavy atom. The molecule has 0 heterocycles. The number of nitrogens with one attached hydrogen (secondary N) is 1. The molecule has 94 valence electrons. The number of rotatable bonds is 4. The lowest BCUT2D eigenvalue weighted by Crippen LogP contribution is -1.96. The molecule has 4 N–H and O–H groups in total. The molecular formula is C14H15ClN2O. The van der Waals surface area contributed by atoms with E-state index in [2.05, 4.69) is 5.32 Å². The number of nitrogen functional groups attached to an aromatic ring is 1. The molecule has 2 aromatic carbocycles. The van der Waals surface area contributed by atoms with E-state index in [1.54, 1.807) is 12.1 Å². The Morgan fingerprint density at radius 2 is 1.83 bits per heavy atom. The third kappa shape index (κ3) is 3.15. The number of nitrogens with two attached hydrogens (primary N) is 1. The minimum absolute atomic E-state index is 0.164. The summed E-state index contributed by atoms with van der Waals surface area (Å²) in [5.41, 5.74) is 9.36. The van der Waals surface area contributed by atoms with Crippen LogP contribution in [0, 0.1) is 0 Å². The van der Waals surface area contributed by atoms with Gasteiger partial charge in [0.05, 0.1) is 11.4 Å². The Labute approximate surface area is 111 Å². The first-order chi connectivity index (χ1) is 8.69. The summed E-state index contributed by atoms with van der Waals surface area (Å²) in [6, 6.07) is 13.2. The third-order valence-electron chi connectivity index (χ3n) is 2.65. The average Bonchev–Trinajstić information content (AvgIpc) is 2.35. The first-order valence-corrected chi connectivity index (χ1v) is 6.08. The number of aliphatic hydroxyl groups excluding tert-OH is 1. The zero-order valence-electron chi connectivity index (χ0n) is 9.86. The van der Waals surface area contributed by atoms with Crippen LogP contribution in [0.1, 0.15) is 5.56 Å². The van der Waals surface area contributed by atoms with E-state index in [-0.39, 0.29) is 6.61 Å². The van der Waals surface area contributed by atoms with Crippen molar-refractivity contribution < 1.29 is 5.11 Å². The van der Waals surface area contributed by atoms with Gasteiger partial charge in [-0.15, -0.1) is 0 Å². The van der Waals surface area contributed by atoms with Gasteiger partial charge >= 0.3 is 0 Å². The maximum Gasteiger partial charge on any atom is 0.0618 e. The number of anilines is 3. The highest BCUT2D eigenvalue weighted by molar-refractivity contribution is 6.31.